The van der Waals surface area contributed by atoms with E-state index < -0.39 is 11.9 Å². The number of para-hydroxylation sites is 1. The average molecular weight is 642 g/mol. The monoisotopic (exact) mass is 641 g/mol. The summed E-state index contributed by atoms with van der Waals surface area (Å²) in [6.45, 7) is 11.0. The van der Waals surface area contributed by atoms with E-state index in [9.17, 15) is 9.59 Å². The molecule has 0 aromatic heterocycles. The van der Waals surface area contributed by atoms with Crippen molar-refractivity contribution in [3.8, 4) is 11.5 Å². The minimum absolute atomic E-state index is 0.398. The highest BCUT2D eigenvalue weighted by atomic mass is 35.5. The lowest BCUT2D eigenvalue weighted by Gasteiger charge is -2.26. The largest absolute Gasteiger partial charge is 0.423 e. The van der Waals surface area contributed by atoms with Crippen LogP contribution in [0.5, 0.6) is 11.5 Å². The van der Waals surface area contributed by atoms with Crippen LogP contribution >= 0.6 is 11.6 Å². The average Bonchev–Trinajstić information content (AvgIpc) is 3.09. The molecule has 234 valence electrons. The number of ether oxygens (including phenoxy) is 2. The van der Waals surface area contributed by atoms with Crippen molar-refractivity contribution in [1.82, 2.24) is 0 Å². The smallest absolute Gasteiger partial charge is 0.335 e. The van der Waals surface area contributed by atoms with Crippen LogP contribution in [-0.2, 0) is 9.59 Å². The first-order valence-electron chi connectivity index (χ1n) is 14.7. The number of anilines is 5. The number of halogens is 1. The predicted octanol–water partition coefficient (Wildman–Crippen LogP) is 9.78. The lowest BCUT2D eigenvalue weighted by molar-refractivity contribution is -0.129. The van der Waals surface area contributed by atoms with Crippen molar-refractivity contribution in [2.75, 3.05) is 9.91 Å². The highest BCUT2D eigenvalue weighted by Crippen LogP contribution is 2.38. The molecule has 0 spiro atoms. The summed E-state index contributed by atoms with van der Waals surface area (Å²) < 4.78 is 10.5. The van der Waals surface area contributed by atoms with E-state index >= 15 is 0 Å². The quantitative estimate of drug-likeness (QED) is 0.0470. The Balaban J connectivity index is 1.48. The molecule has 0 fully saturated rings. The number of carbonyl (C=O) groups excluding carboxylic acids is 2. The molecule has 47 heavy (non-hydrogen) atoms. The first-order chi connectivity index (χ1) is 22.7. The number of hydrogen-bond acceptors (Lipinski definition) is 7. The molecule has 0 aliphatic carbocycles. The van der Waals surface area contributed by atoms with E-state index in [1.807, 2.05) is 72.8 Å². The normalized spacial score (nSPS) is 10.7. The van der Waals surface area contributed by atoms with Gasteiger partial charge in [0, 0.05) is 34.8 Å². The van der Waals surface area contributed by atoms with Crippen LogP contribution in [0.25, 0.3) is 0 Å². The molecule has 0 heterocycles. The topological polar surface area (TPSA) is 71.4 Å². The van der Waals surface area contributed by atoms with Crippen LogP contribution in [0.1, 0.15) is 16.7 Å². The zero-order valence-electron chi connectivity index (χ0n) is 26.0. The number of nitrogens with zero attached hydrogens (tertiary/aromatic N) is 3. The molecule has 0 saturated heterocycles. The van der Waals surface area contributed by atoms with Gasteiger partial charge in [-0.3, -0.25) is 0 Å². The third-order valence-corrected chi connectivity index (χ3v) is 7.58. The summed E-state index contributed by atoms with van der Waals surface area (Å²) >= 11 is 6.90. The van der Waals surface area contributed by atoms with Crippen molar-refractivity contribution in [1.29, 1.82) is 0 Å². The Labute approximate surface area is 279 Å². The van der Waals surface area contributed by atoms with Gasteiger partial charge < -0.3 is 14.4 Å². The van der Waals surface area contributed by atoms with Gasteiger partial charge in [0.15, 0.2) is 0 Å². The highest BCUT2D eigenvalue weighted by Gasteiger charge is 2.16. The minimum atomic E-state index is -0.532. The van der Waals surface area contributed by atoms with Crippen molar-refractivity contribution in [2.45, 2.75) is 13.8 Å². The van der Waals surface area contributed by atoms with Gasteiger partial charge in [-0.15, -0.1) is 0 Å². The minimum Gasteiger partial charge on any atom is -0.423 e. The Bertz CT molecular complexity index is 1940. The molecule has 7 nitrogen and oxygen atoms in total. The van der Waals surface area contributed by atoms with Gasteiger partial charge >= 0.3 is 11.9 Å². The fraction of sp³-hybridized carbons (Fsp3) is 0.0513. The number of hydrazone groups is 1. The summed E-state index contributed by atoms with van der Waals surface area (Å²) in [7, 11) is 0. The standard InChI is InChI=1S/C39H32ClN3O4/c1-5-38(44)46-35-20-16-30(17-21-35)42(33-14-12-27(3)28(4)24-33)34-15-13-29(37(40)25-34)26-41-43(31-10-8-7-9-11-31)32-18-22-36(23-19-32)47-39(45)6-2/h5-26H,1-2H2,3-4H3/b41-26+. The maximum absolute atomic E-state index is 11.7. The fourth-order valence-corrected chi connectivity index (χ4v) is 4.90. The lowest BCUT2D eigenvalue weighted by atomic mass is 10.1. The molecule has 5 rings (SSSR count). The molecule has 5 aromatic carbocycles. The van der Waals surface area contributed by atoms with Gasteiger partial charge in [0.05, 0.1) is 22.6 Å². The van der Waals surface area contributed by atoms with Gasteiger partial charge in [0.1, 0.15) is 11.5 Å². The summed E-state index contributed by atoms with van der Waals surface area (Å²) in [5, 5.41) is 7.06. The third kappa shape index (κ3) is 8.03. The molecule has 0 bridgehead atoms. The number of benzene rings is 5. The van der Waals surface area contributed by atoms with Crippen molar-refractivity contribution >= 4 is 58.2 Å². The molecule has 0 saturated carbocycles. The Morgan fingerprint density at radius 3 is 1.70 bits per heavy atom. The Hall–Kier alpha value is -5.92. The maximum Gasteiger partial charge on any atom is 0.335 e. The van der Waals surface area contributed by atoms with Crippen LogP contribution in [0.15, 0.2) is 146 Å². The maximum atomic E-state index is 11.7. The van der Waals surface area contributed by atoms with Crippen LogP contribution in [0.4, 0.5) is 28.4 Å². The van der Waals surface area contributed by atoms with E-state index in [-0.39, 0.29) is 0 Å². The van der Waals surface area contributed by atoms with Crippen LogP contribution < -0.4 is 19.4 Å². The second-order valence-corrected chi connectivity index (χ2v) is 10.8. The first kappa shape index (κ1) is 32.5. The molecule has 0 aliphatic rings. The summed E-state index contributed by atoms with van der Waals surface area (Å²) in [5.74, 6) is -0.241. The summed E-state index contributed by atoms with van der Waals surface area (Å²) in [5.41, 5.74) is 7.24. The van der Waals surface area contributed by atoms with Gasteiger partial charge in [-0.1, -0.05) is 49.0 Å². The first-order valence-corrected chi connectivity index (χ1v) is 15.1. The highest BCUT2D eigenvalue weighted by molar-refractivity contribution is 6.33. The summed E-state index contributed by atoms with van der Waals surface area (Å²) in [6, 6.07) is 36.0. The molecule has 0 N–H and O–H groups in total. The third-order valence-electron chi connectivity index (χ3n) is 7.25. The molecule has 0 amide bonds. The summed E-state index contributed by atoms with van der Waals surface area (Å²) in [6.07, 6.45) is 3.94. The van der Waals surface area contributed by atoms with Gasteiger partial charge in [0.25, 0.3) is 0 Å². The van der Waals surface area contributed by atoms with E-state index in [1.165, 1.54) is 5.56 Å². The molecular formula is C39H32ClN3O4. The molecule has 0 unspecified atom stereocenters. The van der Waals surface area contributed by atoms with Gasteiger partial charge in [-0.2, -0.15) is 5.10 Å². The van der Waals surface area contributed by atoms with Gasteiger partial charge in [-0.25, -0.2) is 14.6 Å². The van der Waals surface area contributed by atoms with Gasteiger partial charge in [0.2, 0.25) is 0 Å². The zero-order valence-corrected chi connectivity index (χ0v) is 26.7. The van der Waals surface area contributed by atoms with E-state index in [0.717, 1.165) is 46.2 Å². The Kier molecular flexibility index (Phi) is 10.3. The fourth-order valence-electron chi connectivity index (χ4n) is 4.68. The number of carbonyl (C=O) groups is 2. The van der Waals surface area contributed by atoms with E-state index in [1.54, 1.807) is 35.5 Å². The van der Waals surface area contributed by atoms with Crippen LogP contribution in [0, 0.1) is 13.8 Å². The van der Waals surface area contributed by atoms with Crippen LogP contribution in [-0.4, -0.2) is 18.2 Å². The Morgan fingerprint density at radius 1 is 0.638 bits per heavy atom. The predicted molar refractivity (Wildman–Crippen MR) is 190 cm³/mol. The van der Waals surface area contributed by atoms with E-state index in [4.69, 9.17) is 26.2 Å². The van der Waals surface area contributed by atoms with E-state index in [0.29, 0.717) is 22.1 Å². The van der Waals surface area contributed by atoms with Crippen LogP contribution in [0.2, 0.25) is 5.02 Å². The number of hydrogen-bond donors (Lipinski definition) is 0. The molecule has 0 atom stereocenters. The second-order valence-electron chi connectivity index (χ2n) is 10.4. The SMILES string of the molecule is C=CC(=O)Oc1ccc(N(/N=C/c2ccc(N(c3ccc(OC(=O)C=C)cc3)c3ccc(C)c(C)c3)cc2Cl)c2ccccc2)cc1. The molecule has 8 heteroatoms. The second kappa shape index (κ2) is 14.9. The van der Waals surface area contributed by atoms with Crippen molar-refractivity contribution < 1.29 is 19.1 Å². The molecule has 0 radical (unpaired) electrons. The zero-order chi connectivity index (χ0) is 33.3. The van der Waals surface area contributed by atoms with Crippen molar-refractivity contribution in [3.05, 3.63) is 162 Å². The lowest BCUT2D eigenvalue weighted by Crippen LogP contribution is -2.11. The van der Waals surface area contributed by atoms with E-state index in [2.05, 4.69) is 50.1 Å². The molecule has 0 aliphatic heterocycles. The molecule has 5 aromatic rings. The number of rotatable bonds is 11. The number of esters is 2. The summed E-state index contributed by atoms with van der Waals surface area (Å²) in [4.78, 5) is 25.4. The molecular weight excluding hydrogens is 610 g/mol. The Morgan fingerprint density at radius 2 is 1.15 bits per heavy atom. The number of aryl methyl sites for hydroxylation is 2. The van der Waals surface area contributed by atoms with Gasteiger partial charge in [-0.05, 0) is 116 Å². The van der Waals surface area contributed by atoms with Crippen molar-refractivity contribution in [2.24, 2.45) is 5.10 Å². The van der Waals surface area contributed by atoms with Crippen molar-refractivity contribution in [3.63, 3.8) is 0 Å². The van der Waals surface area contributed by atoms with Crippen LogP contribution in [0.3, 0.4) is 0 Å².